The molecule has 0 saturated carbocycles. The number of hydrogen-bond donors (Lipinski definition) is 0. The zero-order valence-electron chi connectivity index (χ0n) is 12.9. The predicted octanol–water partition coefficient (Wildman–Crippen LogP) is 3.39. The molecule has 5 rings (SSSR count). The number of rotatable bonds is 2. The van der Waals surface area contributed by atoms with E-state index in [0.29, 0.717) is 5.78 Å². The van der Waals surface area contributed by atoms with E-state index in [9.17, 15) is 0 Å². The number of imidazole rings is 1. The van der Waals surface area contributed by atoms with Crippen molar-refractivity contribution in [2.45, 2.75) is 6.42 Å². The molecule has 1 aromatic carbocycles. The maximum absolute atomic E-state index is 5.62. The summed E-state index contributed by atoms with van der Waals surface area (Å²) >= 11 is 0. The molecule has 0 fully saturated rings. The van der Waals surface area contributed by atoms with Gasteiger partial charge in [0.15, 0.2) is 0 Å². The fourth-order valence-corrected chi connectivity index (χ4v) is 3.21. The van der Waals surface area contributed by atoms with E-state index >= 15 is 0 Å². The smallest absolute Gasteiger partial charge is 0.234 e. The van der Waals surface area contributed by atoms with Gasteiger partial charge < -0.3 is 4.74 Å². The van der Waals surface area contributed by atoms with E-state index in [1.807, 2.05) is 34.9 Å². The second-order valence-electron chi connectivity index (χ2n) is 5.76. The normalized spacial score (nSPS) is 13.0. The summed E-state index contributed by atoms with van der Waals surface area (Å²) in [6, 6.07) is 12.2. The van der Waals surface area contributed by atoms with Crippen LogP contribution in [0.15, 0.2) is 61.2 Å². The lowest BCUT2D eigenvalue weighted by molar-refractivity contribution is 0.357. The van der Waals surface area contributed by atoms with Gasteiger partial charge in [0.25, 0.3) is 0 Å². The maximum Gasteiger partial charge on any atom is 0.234 e. The Kier molecular flexibility index (Phi) is 2.85. The van der Waals surface area contributed by atoms with Gasteiger partial charge in [-0.3, -0.25) is 9.38 Å². The highest BCUT2D eigenvalue weighted by Crippen LogP contribution is 2.35. The van der Waals surface area contributed by atoms with Crippen LogP contribution in [0.4, 0.5) is 0 Å². The second-order valence-corrected chi connectivity index (χ2v) is 5.76. The first-order valence-corrected chi connectivity index (χ1v) is 7.90. The first-order chi connectivity index (χ1) is 11.9. The number of fused-ring (bicyclic) bond motifs is 2. The van der Waals surface area contributed by atoms with E-state index in [0.717, 1.165) is 41.3 Å². The van der Waals surface area contributed by atoms with Crippen LogP contribution in [0.3, 0.4) is 0 Å². The monoisotopic (exact) mass is 314 g/mol. The van der Waals surface area contributed by atoms with Crippen LogP contribution >= 0.6 is 0 Å². The van der Waals surface area contributed by atoms with Crippen LogP contribution in [0.25, 0.3) is 28.3 Å². The van der Waals surface area contributed by atoms with E-state index in [4.69, 9.17) is 9.72 Å². The summed E-state index contributed by atoms with van der Waals surface area (Å²) in [6.45, 7) is 0.753. The Morgan fingerprint density at radius 3 is 2.83 bits per heavy atom. The van der Waals surface area contributed by atoms with E-state index in [-0.39, 0.29) is 0 Å². The minimum Gasteiger partial charge on any atom is -0.493 e. The molecule has 0 aliphatic carbocycles. The number of ether oxygens (including phenoxy) is 1. The number of aromatic nitrogens is 4. The van der Waals surface area contributed by atoms with Crippen LogP contribution in [0, 0.1) is 0 Å². The highest BCUT2D eigenvalue weighted by molar-refractivity contribution is 5.81. The average molecular weight is 314 g/mol. The fraction of sp³-hybridized carbons (Fsp3) is 0.105. The van der Waals surface area contributed by atoms with Gasteiger partial charge in [0, 0.05) is 42.3 Å². The summed E-state index contributed by atoms with van der Waals surface area (Å²) in [5.41, 5.74) is 5.33. The van der Waals surface area contributed by atoms with E-state index in [1.165, 1.54) is 5.56 Å². The number of nitrogens with zero attached hydrogens (tertiary/aromatic N) is 4. The molecule has 0 N–H and O–H groups in total. The van der Waals surface area contributed by atoms with Crippen molar-refractivity contribution in [3.05, 3.63) is 66.7 Å². The Morgan fingerprint density at radius 2 is 1.92 bits per heavy atom. The first kappa shape index (κ1) is 13.2. The summed E-state index contributed by atoms with van der Waals surface area (Å²) in [6.07, 6.45) is 8.29. The zero-order chi connectivity index (χ0) is 15.9. The summed E-state index contributed by atoms with van der Waals surface area (Å²) in [5, 5.41) is 0. The summed E-state index contributed by atoms with van der Waals surface area (Å²) < 4.78 is 7.64. The molecule has 24 heavy (non-hydrogen) atoms. The van der Waals surface area contributed by atoms with Gasteiger partial charge in [0.1, 0.15) is 5.75 Å². The topological polar surface area (TPSA) is 52.3 Å². The minimum absolute atomic E-state index is 0.691. The van der Waals surface area contributed by atoms with Gasteiger partial charge in [-0.1, -0.05) is 0 Å². The van der Waals surface area contributed by atoms with Crippen LogP contribution in [-0.4, -0.2) is 26.0 Å². The van der Waals surface area contributed by atoms with E-state index in [2.05, 4.69) is 22.1 Å². The molecule has 0 amide bonds. The Balaban J connectivity index is 1.79. The van der Waals surface area contributed by atoms with Gasteiger partial charge in [-0.15, -0.1) is 0 Å². The van der Waals surface area contributed by atoms with Crippen molar-refractivity contribution in [2.24, 2.45) is 0 Å². The third kappa shape index (κ3) is 1.98. The Morgan fingerprint density at radius 1 is 1.00 bits per heavy atom. The van der Waals surface area contributed by atoms with Gasteiger partial charge in [-0.2, -0.15) is 0 Å². The van der Waals surface area contributed by atoms with Crippen molar-refractivity contribution < 1.29 is 4.74 Å². The highest BCUT2D eigenvalue weighted by Gasteiger charge is 2.19. The molecule has 0 saturated heterocycles. The maximum atomic E-state index is 5.62. The average Bonchev–Trinajstić information content (AvgIpc) is 3.26. The predicted molar refractivity (Wildman–Crippen MR) is 90.9 cm³/mol. The largest absolute Gasteiger partial charge is 0.493 e. The number of benzene rings is 1. The Labute approximate surface area is 138 Å². The summed E-state index contributed by atoms with van der Waals surface area (Å²) in [5.74, 6) is 1.67. The molecule has 0 atom stereocenters. The van der Waals surface area contributed by atoms with Gasteiger partial charge in [0.2, 0.25) is 5.78 Å². The minimum atomic E-state index is 0.691. The molecule has 5 nitrogen and oxygen atoms in total. The standard InChI is InChI=1S/C19H14N4O/c1-7-21-19-22-17(15-2-3-16-14(12-15)6-11-24-16)18(23(19)10-1)13-4-8-20-9-5-13/h1-5,7-10,12H,6,11H2. The molecule has 5 heteroatoms. The van der Waals surface area contributed by atoms with Gasteiger partial charge in [-0.25, -0.2) is 9.97 Å². The second kappa shape index (κ2) is 5.16. The fourth-order valence-electron chi connectivity index (χ4n) is 3.21. The molecule has 3 aromatic heterocycles. The van der Waals surface area contributed by atoms with Crippen molar-refractivity contribution in [3.63, 3.8) is 0 Å². The third-order valence-corrected chi connectivity index (χ3v) is 4.32. The zero-order valence-corrected chi connectivity index (χ0v) is 12.9. The Hall–Kier alpha value is -3.21. The lowest BCUT2D eigenvalue weighted by atomic mass is 10.0. The van der Waals surface area contributed by atoms with E-state index < -0.39 is 0 Å². The highest BCUT2D eigenvalue weighted by atomic mass is 16.5. The molecule has 0 bridgehead atoms. The quantitative estimate of drug-likeness (QED) is 0.569. The van der Waals surface area contributed by atoms with Crippen LogP contribution in [-0.2, 0) is 6.42 Å². The SMILES string of the molecule is c1cnc2nc(-c3ccc4c(c3)CCO4)c(-c3ccncc3)n2c1. The molecule has 0 spiro atoms. The van der Waals surface area contributed by atoms with Crippen LogP contribution < -0.4 is 4.74 Å². The van der Waals surface area contributed by atoms with Crippen molar-refractivity contribution in [1.82, 2.24) is 19.4 Å². The molecule has 4 aromatic rings. The molecule has 0 radical (unpaired) electrons. The third-order valence-electron chi connectivity index (χ3n) is 4.32. The van der Waals surface area contributed by atoms with Crippen molar-refractivity contribution in [2.75, 3.05) is 6.61 Å². The van der Waals surface area contributed by atoms with Crippen molar-refractivity contribution >= 4 is 5.78 Å². The van der Waals surface area contributed by atoms with Crippen molar-refractivity contribution in [3.8, 4) is 28.3 Å². The van der Waals surface area contributed by atoms with Crippen LogP contribution in [0.5, 0.6) is 5.75 Å². The van der Waals surface area contributed by atoms with Gasteiger partial charge >= 0.3 is 0 Å². The number of pyridine rings is 1. The molecular weight excluding hydrogens is 300 g/mol. The number of hydrogen-bond acceptors (Lipinski definition) is 4. The Bertz CT molecular complexity index is 1040. The lowest BCUT2D eigenvalue weighted by Crippen LogP contribution is -1.91. The molecule has 0 unspecified atom stereocenters. The van der Waals surface area contributed by atoms with E-state index in [1.54, 1.807) is 18.6 Å². The van der Waals surface area contributed by atoms with Gasteiger partial charge in [0.05, 0.1) is 18.0 Å². The molecular formula is C19H14N4O. The summed E-state index contributed by atoms with van der Waals surface area (Å²) in [7, 11) is 0. The van der Waals surface area contributed by atoms with Crippen molar-refractivity contribution in [1.29, 1.82) is 0 Å². The van der Waals surface area contributed by atoms with Crippen LogP contribution in [0.2, 0.25) is 0 Å². The molecule has 116 valence electrons. The van der Waals surface area contributed by atoms with Gasteiger partial charge in [-0.05, 0) is 42.0 Å². The molecule has 1 aliphatic rings. The summed E-state index contributed by atoms with van der Waals surface area (Å²) in [4.78, 5) is 13.3. The first-order valence-electron chi connectivity index (χ1n) is 7.90. The van der Waals surface area contributed by atoms with Crippen LogP contribution in [0.1, 0.15) is 5.56 Å². The lowest BCUT2D eigenvalue weighted by Gasteiger charge is -2.06. The molecule has 4 heterocycles. The molecule has 1 aliphatic heterocycles.